The SMILES string of the molecule is C#CCCC1(CCC(=O)N2CC3(CCN(Cc4ccccc4)C3)C2)N=N1. The molecule has 3 heterocycles. The number of benzene rings is 1. The van der Waals surface area contributed by atoms with E-state index in [1.54, 1.807) is 0 Å². The van der Waals surface area contributed by atoms with Gasteiger partial charge in [0.05, 0.1) is 0 Å². The minimum absolute atomic E-state index is 0.245. The van der Waals surface area contributed by atoms with E-state index in [1.807, 2.05) is 4.90 Å². The Hall–Kier alpha value is -2.19. The second-order valence-corrected chi connectivity index (χ2v) is 8.08. The molecule has 1 spiro atoms. The monoisotopic (exact) mass is 350 g/mol. The topological polar surface area (TPSA) is 48.3 Å². The number of carbonyl (C=O) groups is 1. The van der Waals surface area contributed by atoms with E-state index in [4.69, 9.17) is 6.42 Å². The zero-order chi connectivity index (χ0) is 18.0. The molecule has 1 amide bonds. The zero-order valence-corrected chi connectivity index (χ0v) is 15.2. The number of hydrogen-bond donors (Lipinski definition) is 0. The maximum Gasteiger partial charge on any atom is 0.222 e. The molecule has 0 unspecified atom stereocenters. The quantitative estimate of drug-likeness (QED) is 0.710. The molecule has 0 radical (unpaired) electrons. The zero-order valence-electron chi connectivity index (χ0n) is 15.2. The predicted octanol–water partition coefficient (Wildman–Crippen LogP) is 3.08. The molecule has 3 aliphatic heterocycles. The second kappa shape index (κ2) is 6.85. The van der Waals surface area contributed by atoms with Crippen LogP contribution < -0.4 is 0 Å². The van der Waals surface area contributed by atoms with Gasteiger partial charge in [0.25, 0.3) is 0 Å². The second-order valence-electron chi connectivity index (χ2n) is 8.08. The Morgan fingerprint density at radius 3 is 2.62 bits per heavy atom. The lowest BCUT2D eigenvalue weighted by Gasteiger charge is -2.48. The molecule has 26 heavy (non-hydrogen) atoms. The van der Waals surface area contributed by atoms with Gasteiger partial charge in [0, 0.05) is 57.3 Å². The molecule has 4 rings (SSSR count). The molecule has 0 aliphatic carbocycles. The van der Waals surface area contributed by atoms with E-state index in [9.17, 15) is 4.79 Å². The van der Waals surface area contributed by atoms with Gasteiger partial charge in [-0.1, -0.05) is 30.3 Å². The first-order valence-corrected chi connectivity index (χ1v) is 9.54. The summed E-state index contributed by atoms with van der Waals surface area (Å²) in [6.07, 6.45) is 9.19. The van der Waals surface area contributed by atoms with Gasteiger partial charge in [0.15, 0.2) is 5.66 Å². The smallest absolute Gasteiger partial charge is 0.222 e. The lowest BCUT2D eigenvalue weighted by Crippen LogP contribution is -2.59. The minimum atomic E-state index is -0.343. The summed E-state index contributed by atoms with van der Waals surface area (Å²) in [7, 11) is 0. The highest BCUT2D eigenvalue weighted by Gasteiger charge is 2.49. The van der Waals surface area contributed by atoms with Crippen LogP contribution in [0, 0.1) is 17.8 Å². The van der Waals surface area contributed by atoms with Crippen LogP contribution in [0.3, 0.4) is 0 Å². The van der Waals surface area contributed by atoms with E-state index in [0.29, 0.717) is 24.7 Å². The molecule has 5 nitrogen and oxygen atoms in total. The minimum Gasteiger partial charge on any atom is -0.341 e. The summed E-state index contributed by atoms with van der Waals surface area (Å²) in [5.74, 6) is 2.88. The largest absolute Gasteiger partial charge is 0.341 e. The molecule has 0 aromatic heterocycles. The van der Waals surface area contributed by atoms with Gasteiger partial charge >= 0.3 is 0 Å². The summed E-state index contributed by atoms with van der Waals surface area (Å²) in [5, 5.41) is 8.24. The fraction of sp³-hybridized carbons (Fsp3) is 0.571. The van der Waals surface area contributed by atoms with Crippen molar-refractivity contribution in [3.63, 3.8) is 0 Å². The lowest BCUT2D eigenvalue weighted by atomic mass is 9.78. The number of amides is 1. The number of nitrogens with zero attached hydrogens (tertiary/aromatic N) is 4. The van der Waals surface area contributed by atoms with Crippen molar-refractivity contribution in [2.24, 2.45) is 15.6 Å². The lowest BCUT2D eigenvalue weighted by molar-refractivity contribution is -0.143. The molecule has 0 N–H and O–H groups in total. The van der Waals surface area contributed by atoms with Gasteiger partial charge in [-0.25, -0.2) is 0 Å². The Balaban J connectivity index is 1.20. The Labute approximate surface area is 155 Å². The normalized spacial score (nSPS) is 22.2. The maximum absolute atomic E-state index is 12.5. The molecular weight excluding hydrogens is 324 g/mol. The molecule has 136 valence electrons. The molecule has 2 saturated heterocycles. The van der Waals surface area contributed by atoms with Crippen LogP contribution in [0.15, 0.2) is 40.6 Å². The van der Waals surface area contributed by atoms with Gasteiger partial charge in [-0.2, -0.15) is 10.2 Å². The van der Waals surface area contributed by atoms with Crippen LogP contribution in [0.1, 0.15) is 37.7 Å². The Morgan fingerprint density at radius 2 is 1.92 bits per heavy atom. The highest BCUT2D eigenvalue weighted by Crippen LogP contribution is 2.42. The van der Waals surface area contributed by atoms with Crippen molar-refractivity contribution >= 4 is 5.91 Å². The highest BCUT2D eigenvalue weighted by molar-refractivity contribution is 5.77. The van der Waals surface area contributed by atoms with Gasteiger partial charge in [-0.05, 0) is 18.5 Å². The Morgan fingerprint density at radius 1 is 1.15 bits per heavy atom. The molecule has 3 aliphatic rings. The average Bonchev–Trinajstić information content (AvgIpc) is 3.28. The maximum atomic E-state index is 12.5. The number of hydrogen-bond acceptors (Lipinski definition) is 4. The van der Waals surface area contributed by atoms with E-state index < -0.39 is 0 Å². The fourth-order valence-electron chi connectivity index (χ4n) is 4.34. The molecule has 1 aromatic carbocycles. The fourth-order valence-corrected chi connectivity index (χ4v) is 4.34. The third kappa shape index (κ3) is 3.66. The van der Waals surface area contributed by atoms with Crippen LogP contribution in [0.25, 0.3) is 0 Å². The Kier molecular flexibility index (Phi) is 4.54. The predicted molar refractivity (Wildman–Crippen MR) is 100 cm³/mol. The Bertz CT molecular complexity index is 724. The van der Waals surface area contributed by atoms with Crippen LogP contribution in [0.4, 0.5) is 0 Å². The number of carbonyl (C=O) groups excluding carboxylic acids is 1. The average molecular weight is 350 g/mol. The molecule has 5 heteroatoms. The van der Waals surface area contributed by atoms with Crippen molar-refractivity contribution in [2.45, 2.75) is 44.3 Å². The van der Waals surface area contributed by atoms with Gasteiger partial charge in [0.1, 0.15) is 0 Å². The van der Waals surface area contributed by atoms with E-state index in [0.717, 1.165) is 39.1 Å². The van der Waals surface area contributed by atoms with Crippen molar-refractivity contribution in [3.05, 3.63) is 35.9 Å². The summed E-state index contributed by atoms with van der Waals surface area (Å²) in [5.41, 5.74) is 1.34. The first-order valence-electron chi connectivity index (χ1n) is 9.54. The van der Waals surface area contributed by atoms with Crippen molar-refractivity contribution in [3.8, 4) is 12.3 Å². The molecule has 0 saturated carbocycles. The first kappa shape index (κ1) is 17.2. The first-order chi connectivity index (χ1) is 12.6. The van der Waals surface area contributed by atoms with E-state index in [-0.39, 0.29) is 11.6 Å². The molecule has 0 bridgehead atoms. The van der Waals surface area contributed by atoms with Gasteiger partial charge in [0.2, 0.25) is 5.91 Å². The summed E-state index contributed by atoms with van der Waals surface area (Å²) in [4.78, 5) is 17.0. The summed E-state index contributed by atoms with van der Waals surface area (Å²) >= 11 is 0. The van der Waals surface area contributed by atoms with Gasteiger partial charge in [-0.3, -0.25) is 9.69 Å². The van der Waals surface area contributed by atoms with Gasteiger partial charge in [-0.15, -0.1) is 12.3 Å². The van der Waals surface area contributed by atoms with E-state index >= 15 is 0 Å². The number of rotatable bonds is 7. The summed E-state index contributed by atoms with van der Waals surface area (Å²) in [6, 6.07) is 10.6. The third-order valence-electron chi connectivity index (χ3n) is 5.96. The van der Waals surface area contributed by atoms with Crippen LogP contribution in [0.5, 0.6) is 0 Å². The van der Waals surface area contributed by atoms with Crippen LogP contribution in [0.2, 0.25) is 0 Å². The van der Waals surface area contributed by atoms with Crippen LogP contribution >= 0.6 is 0 Å². The number of likely N-dealkylation sites (tertiary alicyclic amines) is 2. The number of terminal acetylenes is 1. The standard InChI is InChI=1S/C21H26N4O/c1-2-3-10-21(22-23-21)11-9-19(26)25-16-20(17-25)12-13-24(15-20)14-18-7-5-4-6-8-18/h1,4-8H,3,9-17H2. The highest BCUT2D eigenvalue weighted by atomic mass is 16.2. The molecule has 2 fully saturated rings. The van der Waals surface area contributed by atoms with Crippen LogP contribution in [-0.2, 0) is 11.3 Å². The van der Waals surface area contributed by atoms with Crippen molar-refractivity contribution in [2.75, 3.05) is 26.2 Å². The van der Waals surface area contributed by atoms with Crippen molar-refractivity contribution < 1.29 is 4.79 Å². The van der Waals surface area contributed by atoms with Crippen molar-refractivity contribution in [1.29, 1.82) is 0 Å². The summed E-state index contributed by atoms with van der Waals surface area (Å²) in [6.45, 7) is 5.05. The van der Waals surface area contributed by atoms with E-state index in [2.05, 4.69) is 51.4 Å². The third-order valence-corrected chi connectivity index (χ3v) is 5.96. The molecule has 0 atom stereocenters. The molecular formula is C21H26N4O. The molecule has 1 aromatic rings. The van der Waals surface area contributed by atoms with Crippen molar-refractivity contribution in [1.82, 2.24) is 9.80 Å². The van der Waals surface area contributed by atoms with Gasteiger partial charge < -0.3 is 4.90 Å². The summed E-state index contributed by atoms with van der Waals surface area (Å²) < 4.78 is 0. The van der Waals surface area contributed by atoms with E-state index in [1.165, 1.54) is 12.0 Å². The van der Waals surface area contributed by atoms with Crippen LogP contribution in [-0.4, -0.2) is 47.5 Å².